The lowest BCUT2D eigenvalue weighted by Gasteiger charge is -2.08. The first-order valence-corrected chi connectivity index (χ1v) is 8.52. The van der Waals surface area contributed by atoms with Crippen LogP contribution < -0.4 is 4.74 Å². The zero-order valence-corrected chi connectivity index (χ0v) is 13.3. The quantitative estimate of drug-likeness (QED) is 0.344. The summed E-state index contributed by atoms with van der Waals surface area (Å²) in [5, 5.41) is 0. The molecule has 0 aliphatic rings. The maximum atomic E-state index is 10.7. The molecule has 22 heavy (non-hydrogen) atoms. The molecular formula is C15H20O6S. The summed E-state index contributed by atoms with van der Waals surface area (Å²) in [4.78, 5) is 0. The Bertz CT molecular complexity index is 559. The lowest BCUT2D eigenvalue weighted by atomic mass is 10.2. The molecule has 0 fully saturated rings. The Morgan fingerprint density at radius 3 is 2.05 bits per heavy atom. The number of rotatable bonds is 11. The molecule has 0 heterocycles. The highest BCUT2D eigenvalue weighted by Gasteiger charge is 2.00. The summed E-state index contributed by atoms with van der Waals surface area (Å²) in [6.07, 6.45) is 6.26. The number of terminal acetylenes is 1. The molecule has 7 heteroatoms. The van der Waals surface area contributed by atoms with Crippen molar-refractivity contribution in [2.75, 3.05) is 45.9 Å². The Hall–Kier alpha value is -1.59. The van der Waals surface area contributed by atoms with Crippen LogP contribution in [0.4, 0.5) is 0 Å². The van der Waals surface area contributed by atoms with E-state index in [1.54, 1.807) is 12.1 Å². The normalized spacial score (nSPS) is 11.1. The van der Waals surface area contributed by atoms with Gasteiger partial charge in [-0.1, -0.05) is 5.92 Å². The average Bonchev–Trinajstić information content (AvgIpc) is 2.48. The summed E-state index contributed by atoms with van der Waals surface area (Å²) in [5.41, 5.74) is 0.806. The van der Waals surface area contributed by atoms with Crippen molar-refractivity contribution >= 4 is 10.1 Å². The summed E-state index contributed by atoms with van der Waals surface area (Å²) in [6, 6.07) is 7.23. The first-order chi connectivity index (χ1) is 10.5. The summed E-state index contributed by atoms with van der Waals surface area (Å²) in [5.74, 6) is 3.26. The van der Waals surface area contributed by atoms with Crippen LogP contribution >= 0.6 is 0 Å². The van der Waals surface area contributed by atoms with Gasteiger partial charge in [-0.25, -0.2) is 0 Å². The van der Waals surface area contributed by atoms with Crippen molar-refractivity contribution in [3.63, 3.8) is 0 Å². The molecule has 0 N–H and O–H groups in total. The molecular weight excluding hydrogens is 308 g/mol. The van der Waals surface area contributed by atoms with Crippen LogP contribution in [-0.2, 0) is 23.8 Å². The van der Waals surface area contributed by atoms with Gasteiger partial charge in [-0.15, -0.1) is 6.42 Å². The number of hydrogen-bond donors (Lipinski definition) is 0. The second-order valence-corrected chi connectivity index (χ2v) is 5.91. The second-order valence-electron chi connectivity index (χ2n) is 4.27. The van der Waals surface area contributed by atoms with Crippen molar-refractivity contribution in [2.45, 2.75) is 0 Å². The fourth-order valence-corrected chi connectivity index (χ4v) is 1.80. The highest BCUT2D eigenvalue weighted by atomic mass is 32.2. The molecule has 0 atom stereocenters. The molecule has 0 bridgehead atoms. The van der Waals surface area contributed by atoms with Crippen molar-refractivity contribution in [3.05, 3.63) is 29.8 Å². The molecule has 0 spiro atoms. The van der Waals surface area contributed by atoms with Gasteiger partial charge in [0.1, 0.15) is 12.4 Å². The molecule has 1 rings (SSSR count). The first kappa shape index (κ1) is 18.5. The highest BCUT2D eigenvalue weighted by Crippen LogP contribution is 2.11. The molecule has 122 valence electrons. The third-order valence-electron chi connectivity index (χ3n) is 2.41. The van der Waals surface area contributed by atoms with E-state index in [4.69, 9.17) is 20.6 Å². The molecule has 0 unspecified atom stereocenters. The van der Waals surface area contributed by atoms with Crippen molar-refractivity contribution in [1.82, 2.24) is 0 Å². The zero-order chi connectivity index (χ0) is 16.3. The van der Waals surface area contributed by atoms with Gasteiger partial charge >= 0.3 is 0 Å². The third-order valence-corrected chi connectivity index (χ3v) is 3.01. The van der Waals surface area contributed by atoms with Gasteiger partial charge in [0.05, 0.1) is 39.3 Å². The van der Waals surface area contributed by atoms with Gasteiger partial charge in [-0.3, -0.25) is 4.18 Å². The lowest BCUT2D eigenvalue weighted by Crippen LogP contribution is -2.14. The van der Waals surface area contributed by atoms with E-state index in [9.17, 15) is 8.42 Å². The van der Waals surface area contributed by atoms with Crippen molar-refractivity contribution in [3.8, 4) is 18.1 Å². The van der Waals surface area contributed by atoms with Crippen LogP contribution in [-0.4, -0.2) is 54.3 Å². The molecule has 0 amide bonds. The van der Waals surface area contributed by atoms with E-state index in [2.05, 4.69) is 10.1 Å². The van der Waals surface area contributed by atoms with E-state index in [1.165, 1.54) is 0 Å². The minimum Gasteiger partial charge on any atom is -0.491 e. The Balaban J connectivity index is 1.94. The second kappa shape index (κ2) is 10.2. The van der Waals surface area contributed by atoms with E-state index >= 15 is 0 Å². The largest absolute Gasteiger partial charge is 0.491 e. The summed E-state index contributed by atoms with van der Waals surface area (Å²) in [6.45, 7) is 1.83. The Morgan fingerprint density at radius 1 is 0.955 bits per heavy atom. The average molecular weight is 328 g/mol. The molecule has 0 saturated heterocycles. The van der Waals surface area contributed by atoms with E-state index < -0.39 is 10.1 Å². The van der Waals surface area contributed by atoms with E-state index in [-0.39, 0.29) is 13.2 Å². The van der Waals surface area contributed by atoms with E-state index in [1.807, 2.05) is 12.1 Å². The molecule has 1 aromatic rings. The predicted octanol–water partition coefficient (Wildman–Crippen LogP) is 1.06. The molecule has 0 saturated carbocycles. The zero-order valence-electron chi connectivity index (χ0n) is 12.5. The van der Waals surface area contributed by atoms with Crippen molar-refractivity contribution in [2.24, 2.45) is 0 Å². The fourth-order valence-electron chi connectivity index (χ4n) is 1.43. The van der Waals surface area contributed by atoms with Crippen LogP contribution in [0.15, 0.2) is 24.3 Å². The summed E-state index contributed by atoms with van der Waals surface area (Å²) < 4.78 is 41.8. The summed E-state index contributed by atoms with van der Waals surface area (Å²) in [7, 11) is -3.40. The fraction of sp³-hybridized carbons (Fsp3) is 0.467. The monoisotopic (exact) mass is 328 g/mol. The van der Waals surface area contributed by atoms with Crippen LogP contribution in [0.5, 0.6) is 5.75 Å². The van der Waals surface area contributed by atoms with Crippen LogP contribution in [0, 0.1) is 12.3 Å². The smallest absolute Gasteiger partial charge is 0.264 e. The minimum atomic E-state index is -3.40. The van der Waals surface area contributed by atoms with Crippen LogP contribution in [0.25, 0.3) is 0 Å². The number of ether oxygens (including phenoxy) is 3. The van der Waals surface area contributed by atoms with Gasteiger partial charge in [0.15, 0.2) is 0 Å². The number of hydrogen-bond acceptors (Lipinski definition) is 6. The van der Waals surface area contributed by atoms with Crippen LogP contribution in [0.1, 0.15) is 5.56 Å². The standard InChI is InChI=1S/C15H20O6S/c1-3-14-4-6-15(7-5-14)20-12-10-18-8-9-19-11-13-21-22(2,16)17/h1,4-7H,8-13H2,2H3. The third kappa shape index (κ3) is 9.37. The van der Waals surface area contributed by atoms with Gasteiger partial charge in [0.2, 0.25) is 0 Å². The maximum absolute atomic E-state index is 10.7. The van der Waals surface area contributed by atoms with E-state index in [0.717, 1.165) is 17.6 Å². The van der Waals surface area contributed by atoms with Crippen LogP contribution in [0.3, 0.4) is 0 Å². The Labute approximate surface area is 131 Å². The van der Waals surface area contributed by atoms with E-state index in [0.29, 0.717) is 26.4 Å². The lowest BCUT2D eigenvalue weighted by molar-refractivity contribution is 0.0280. The summed E-state index contributed by atoms with van der Waals surface area (Å²) >= 11 is 0. The first-order valence-electron chi connectivity index (χ1n) is 6.70. The topological polar surface area (TPSA) is 71.1 Å². The maximum Gasteiger partial charge on any atom is 0.264 e. The van der Waals surface area contributed by atoms with Crippen LogP contribution in [0.2, 0.25) is 0 Å². The highest BCUT2D eigenvalue weighted by molar-refractivity contribution is 7.85. The molecule has 1 aromatic carbocycles. The molecule has 0 aliphatic carbocycles. The molecule has 0 radical (unpaired) electrons. The van der Waals surface area contributed by atoms with Gasteiger partial charge < -0.3 is 14.2 Å². The Morgan fingerprint density at radius 2 is 1.50 bits per heavy atom. The molecule has 0 aliphatic heterocycles. The minimum absolute atomic E-state index is 0.00952. The SMILES string of the molecule is C#Cc1ccc(OCCOCCOCCOS(C)(=O)=O)cc1. The predicted molar refractivity (Wildman–Crippen MR) is 82.3 cm³/mol. The van der Waals surface area contributed by atoms with Gasteiger partial charge in [-0.05, 0) is 24.3 Å². The molecule has 0 aromatic heterocycles. The number of benzene rings is 1. The molecule has 6 nitrogen and oxygen atoms in total. The van der Waals surface area contributed by atoms with Gasteiger partial charge in [-0.2, -0.15) is 8.42 Å². The Kier molecular flexibility index (Phi) is 8.55. The van der Waals surface area contributed by atoms with Gasteiger partial charge in [0, 0.05) is 5.56 Å². The van der Waals surface area contributed by atoms with Crippen molar-refractivity contribution in [1.29, 1.82) is 0 Å². The van der Waals surface area contributed by atoms with Gasteiger partial charge in [0.25, 0.3) is 10.1 Å². The van der Waals surface area contributed by atoms with Crippen molar-refractivity contribution < 1.29 is 26.8 Å².